The van der Waals surface area contributed by atoms with Crippen LogP contribution in [0.4, 0.5) is 0 Å². The number of esters is 3. The smallest absolute Gasteiger partial charge is 0.306 e. The van der Waals surface area contributed by atoms with Crippen molar-refractivity contribution < 1.29 is 28.6 Å². The van der Waals surface area contributed by atoms with Gasteiger partial charge in [0, 0.05) is 19.3 Å². The molecule has 0 aromatic carbocycles. The van der Waals surface area contributed by atoms with Gasteiger partial charge in [-0.25, -0.2) is 0 Å². The van der Waals surface area contributed by atoms with Crippen LogP contribution in [0.3, 0.4) is 0 Å². The quantitative estimate of drug-likeness (QED) is 0.0261. The first-order chi connectivity index (χ1) is 39.0. The molecule has 0 N–H and O–H groups in total. The topological polar surface area (TPSA) is 78.9 Å². The fourth-order valence-corrected chi connectivity index (χ4v) is 9.24. The van der Waals surface area contributed by atoms with E-state index in [4.69, 9.17) is 14.2 Å². The van der Waals surface area contributed by atoms with Crippen LogP contribution >= 0.6 is 0 Å². The highest BCUT2D eigenvalue weighted by atomic mass is 16.6. The molecule has 0 amide bonds. The summed E-state index contributed by atoms with van der Waals surface area (Å²) in [6.45, 7) is 6.47. The summed E-state index contributed by atoms with van der Waals surface area (Å²) in [4.78, 5) is 38.3. The number of carbonyl (C=O) groups is 3. The Morgan fingerprint density at radius 3 is 0.772 bits per heavy atom. The normalized spacial score (nSPS) is 12.8. The van der Waals surface area contributed by atoms with Crippen molar-refractivity contribution in [2.45, 2.75) is 322 Å². The number of rotatable bonds is 60. The molecule has 0 spiro atoms. The summed E-state index contributed by atoms with van der Waals surface area (Å²) in [5.74, 6) is -0.906. The molecule has 0 rings (SSSR count). The highest BCUT2D eigenvalue weighted by molar-refractivity contribution is 5.71. The van der Waals surface area contributed by atoms with Gasteiger partial charge < -0.3 is 14.2 Å². The van der Waals surface area contributed by atoms with Gasteiger partial charge in [-0.3, -0.25) is 14.4 Å². The molecule has 0 saturated heterocycles. The molecule has 1 unspecified atom stereocenters. The van der Waals surface area contributed by atoms with E-state index >= 15 is 0 Å². The lowest BCUT2D eigenvalue weighted by Gasteiger charge is -2.18. The highest BCUT2D eigenvalue weighted by Crippen LogP contribution is 2.16. The Balaban J connectivity index is 4.24. The molecule has 1 atom stereocenters. The Labute approximate surface area is 489 Å². The first-order valence-electron chi connectivity index (χ1n) is 33.4. The zero-order chi connectivity index (χ0) is 57.1. The first-order valence-corrected chi connectivity index (χ1v) is 33.4. The van der Waals surface area contributed by atoms with E-state index in [1.165, 1.54) is 135 Å². The second-order valence-corrected chi connectivity index (χ2v) is 22.0. The van der Waals surface area contributed by atoms with Gasteiger partial charge in [-0.05, 0) is 128 Å². The van der Waals surface area contributed by atoms with Crippen LogP contribution in [0.25, 0.3) is 0 Å². The van der Waals surface area contributed by atoms with Gasteiger partial charge in [0.1, 0.15) is 13.2 Å². The van der Waals surface area contributed by atoms with Crippen LogP contribution in [-0.2, 0) is 28.6 Å². The molecule has 0 aliphatic rings. The summed E-state index contributed by atoms with van der Waals surface area (Å²) in [5.41, 5.74) is 0. The van der Waals surface area contributed by atoms with E-state index in [9.17, 15) is 14.4 Å². The fraction of sp³-hybridized carbons (Fsp3) is 0.712. The first kappa shape index (κ1) is 75.1. The van der Waals surface area contributed by atoms with Gasteiger partial charge in [0.05, 0.1) is 0 Å². The summed E-state index contributed by atoms with van der Waals surface area (Å²) < 4.78 is 16.9. The molecule has 0 bridgehead atoms. The van der Waals surface area contributed by atoms with Crippen molar-refractivity contribution in [3.05, 3.63) is 109 Å². The Bertz CT molecular complexity index is 1590. The second-order valence-electron chi connectivity index (χ2n) is 22.0. The van der Waals surface area contributed by atoms with Crippen LogP contribution in [-0.4, -0.2) is 37.2 Å². The summed E-state index contributed by atoms with van der Waals surface area (Å²) in [5, 5.41) is 0. The van der Waals surface area contributed by atoms with Gasteiger partial charge in [-0.15, -0.1) is 0 Å². The molecular formula is C73H124O6. The lowest BCUT2D eigenvalue weighted by atomic mass is 10.0. The van der Waals surface area contributed by atoms with Crippen molar-refractivity contribution in [1.82, 2.24) is 0 Å². The maximum Gasteiger partial charge on any atom is 0.306 e. The number of allylic oxidation sites excluding steroid dienone is 18. The molecule has 0 heterocycles. The molecule has 6 heteroatoms. The standard InChI is InChI=1S/C73H124O6/c1-4-7-10-13-16-19-22-25-28-29-30-31-32-33-34-35-36-37-38-39-40-41-42-43-46-48-51-54-57-60-63-66-72(75)78-69-70(79-73(76)67-64-61-58-55-52-49-45-27-24-21-18-15-12-9-6-3)68-77-71(74)65-62-59-56-53-50-47-44-26-23-20-17-14-11-8-5-2/h7,10,16-21,25-28,30-31,33-34,44-45,70H,4-6,8-9,11-15,22-24,29,32,35-43,46-69H2,1-3H3/b10-7-,19-16-,20-17-,21-18-,28-25-,31-30-,34-33-,44-26-,45-27-. The number of hydrogen-bond donors (Lipinski definition) is 0. The van der Waals surface area contributed by atoms with E-state index < -0.39 is 6.10 Å². The SMILES string of the molecule is CC/C=C\C/C=C\C/C=C\C/C=C\C/C=C\CCCCCCCCCCCCCCCCCC(=O)OCC(COC(=O)CCCCCCC/C=C\C/C=C\CCCCC)OC(=O)CCCCCCC/C=C\C/C=C\CCCCC. The van der Waals surface area contributed by atoms with E-state index in [0.29, 0.717) is 19.3 Å². The Morgan fingerprint density at radius 2 is 0.494 bits per heavy atom. The number of unbranched alkanes of at least 4 members (excludes halogenated alkanes) is 31. The van der Waals surface area contributed by atoms with Crippen molar-refractivity contribution in [3.63, 3.8) is 0 Å². The van der Waals surface area contributed by atoms with Crippen molar-refractivity contribution in [1.29, 1.82) is 0 Å². The van der Waals surface area contributed by atoms with Crippen LogP contribution in [0.1, 0.15) is 316 Å². The minimum atomic E-state index is -0.792. The third-order valence-corrected chi connectivity index (χ3v) is 14.2. The van der Waals surface area contributed by atoms with Gasteiger partial charge >= 0.3 is 17.9 Å². The van der Waals surface area contributed by atoms with Crippen LogP contribution < -0.4 is 0 Å². The van der Waals surface area contributed by atoms with Gasteiger partial charge in [0.25, 0.3) is 0 Å². The molecule has 452 valence electrons. The minimum absolute atomic E-state index is 0.0872. The van der Waals surface area contributed by atoms with Gasteiger partial charge in [-0.1, -0.05) is 278 Å². The molecule has 6 nitrogen and oxygen atoms in total. The van der Waals surface area contributed by atoms with Crippen molar-refractivity contribution in [3.8, 4) is 0 Å². The summed E-state index contributed by atoms with van der Waals surface area (Å²) in [6, 6.07) is 0. The minimum Gasteiger partial charge on any atom is -0.462 e. The van der Waals surface area contributed by atoms with Crippen LogP contribution in [0.15, 0.2) is 109 Å². The predicted octanol–water partition coefficient (Wildman–Crippen LogP) is 23.0. The van der Waals surface area contributed by atoms with E-state index in [1.807, 2.05) is 0 Å². The monoisotopic (exact) mass is 1100 g/mol. The zero-order valence-corrected chi connectivity index (χ0v) is 51.9. The summed E-state index contributed by atoms with van der Waals surface area (Å²) in [7, 11) is 0. The van der Waals surface area contributed by atoms with Crippen molar-refractivity contribution in [2.75, 3.05) is 13.2 Å². The summed E-state index contributed by atoms with van der Waals surface area (Å²) in [6.07, 6.45) is 91.0. The average Bonchev–Trinajstić information content (AvgIpc) is 3.45. The zero-order valence-electron chi connectivity index (χ0n) is 51.9. The van der Waals surface area contributed by atoms with Gasteiger partial charge in [0.2, 0.25) is 0 Å². The van der Waals surface area contributed by atoms with Gasteiger partial charge in [0.15, 0.2) is 6.10 Å². The fourth-order valence-electron chi connectivity index (χ4n) is 9.24. The lowest BCUT2D eigenvalue weighted by Crippen LogP contribution is -2.30. The molecule has 79 heavy (non-hydrogen) atoms. The van der Waals surface area contributed by atoms with Crippen molar-refractivity contribution in [2.24, 2.45) is 0 Å². The predicted molar refractivity (Wildman–Crippen MR) is 343 cm³/mol. The van der Waals surface area contributed by atoms with Crippen LogP contribution in [0.5, 0.6) is 0 Å². The Kier molecular flexibility index (Phi) is 63.3. The Hall–Kier alpha value is -3.93. The third kappa shape index (κ3) is 64.8. The molecule has 0 aliphatic carbocycles. The molecule has 0 aromatic heterocycles. The van der Waals surface area contributed by atoms with Gasteiger partial charge in [-0.2, -0.15) is 0 Å². The largest absolute Gasteiger partial charge is 0.462 e. The maximum absolute atomic E-state index is 12.9. The third-order valence-electron chi connectivity index (χ3n) is 14.2. The molecule has 0 fully saturated rings. The van der Waals surface area contributed by atoms with E-state index in [-0.39, 0.29) is 31.1 Å². The van der Waals surface area contributed by atoms with Crippen LogP contribution in [0, 0.1) is 0 Å². The molecule has 0 saturated carbocycles. The molecule has 0 aliphatic heterocycles. The van der Waals surface area contributed by atoms with E-state index in [1.54, 1.807) is 0 Å². The molecule has 0 aromatic rings. The number of ether oxygens (including phenoxy) is 3. The van der Waals surface area contributed by atoms with E-state index in [0.717, 1.165) is 141 Å². The molecular weight excluding hydrogens is 973 g/mol. The lowest BCUT2D eigenvalue weighted by molar-refractivity contribution is -0.167. The highest BCUT2D eigenvalue weighted by Gasteiger charge is 2.19. The average molecular weight is 1100 g/mol. The number of carbonyl (C=O) groups excluding carboxylic acids is 3. The summed E-state index contributed by atoms with van der Waals surface area (Å²) >= 11 is 0. The number of hydrogen-bond acceptors (Lipinski definition) is 6. The Morgan fingerprint density at radius 1 is 0.266 bits per heavy atom. The van der Waals surface area contributed by atoms with E-state index in [2.05, 4.69) is 130 Å². The maximum atomic E-state index is 12.9. The van der Waals surface area contributed by atoms with Crippen molar-refractivity contribution >= 4 is 17.9 Å². The molecule has 0 radical (unpaired) electrons. The van der Waals surface area contributed by atoms with Crippen LogP contribution in [0.2, 0.25) is 0 Å². The second kappa shape index (κ2) is 66.6.